The van der Waals surface area contributed by atoms with Crippen LogP contribution >= 0.6 is 0 Å². The van der Waals surface area contributed by atoms with Crippen LogP contribution in [0.2, 0.25) is 0 Å². The number of hydrogen-bond donors (Lipinski definition) is 2. The molecule has 1 fully saturated rings. The second-order valence-electron chi connectivity index (χ2n) is 6.33. The maximum Gasteiger partial charge on any atom is 0.319 e. The van der Waals surface area contributed by atoms with Crippen molar-refractivity contribution in [1.82, 2.24) is 10.2 Å². The fourth-order valence-electron chi connectivity index (χ4n) is 3.22. The summed E-state index contributed by atoms with van der Waals surface area (Å²) >= 11 is 0. The molecule has 0 atom stereocenters. The van der Waals surface area contributed by atoms with E-state index in [-0.39, 0.29) is 24.5 Å². The lowest BCUT2D eigenvalue weighted by atomic mass is 10.2. The zero-order valence-electron chi connectivity index (χ0n) is 14.9. The third kappa shape index (κ3) is 4.07. The van der Waals surface area contributed by atoms with Gasteiger partial charge in [0.25, 0.3) is 5.91 Å². The maximum absolute atomic E-state index is 12.0. The number of ether oxygens (including phenoxy) is 1. The van der Waals surface area contributed by atoms with Crippen molar-refractivity contribution >= 4 is 29.2 Å². The van der Waals surface area contributed by atoms with Gasteiger partial charge in [0, 0.05) is 44.4 Å². The Morgan fingerprint density at radius 2 is 2.12 bits per heavy atom. The minimum atomic E-state index is -0.308. The van der Waals surface area contributed by atoms with Crippen molar-refractivity contribution in [2.24, 2.45) is 0 Å². The van der Waals surface area contributed by atoms with Crippen LogP contribution in [0.15, 0.2) is 18.2 Å². The van der Waals surface area contributed by atoms with Gasteiger partial charge in [-0.05, 0) is 31.9 Å². The number of anilines is 2. The van der Waals surface area contributed by atoms with E-state index in [4.69, 9.17) is 4.74 Å². The van der Waals surface area contributed by atoms with Crippen LogP contribution in [0, 0.1) is 0 Å². The highest BCUT2D eigenvalue weighted by Gasteiger charge is 2.24. The van der Waals surface area contributed by atoms with Gasteiger partial charge in [0.1, 0.15) is 5.75 Å². The number of benzene rings is 1. The summed E-state index contributed by atoms with van der Waals surface area (Å²) < 4.78 is 5.46. The van der Waals surface area contributed by atoms with E-state index in [1.54, 1.807) is 23.1 Å². The summed E-state index contributed by atoms with van der Waals surface area (Å²) in [5.41, 5.74) is 1.31. The van der Waals surface area contributed by atoms with Gasteiger partial charge in [-0.3, -0.25) is 9.59 Å². The summed E-state index contributed by atoms with van der Waals surface area (Å²) in [6.45, 7) is 4.47. The molecule has 2 N–H and O–H groups in total. The minimum Gasteiger partial charge on any atom is -0.481 e. The molecule has 1 aromatic carbocycles. The number of amides is 4. The molecular weight excluding hydrogens is 336 g/mol. The van der Waals surface area contributed by atoms with Crippen molar-refractivity contribution in [1.29, 1.82) is 0 Å². The highest BCUT2D eigenvalue weighted by Crippen LogP contribution is 2.34. The predicted molar refractivity (Wildman–Crippen MR) is 97.4 cm³/mol. The van der Waals surface area contributed by atoms with Crippen molar-refractivity contribution in [3.63, 3.8) is 0 Å². The standard InChI is InChI=1S/C18H24N4O4/c1-2-22-14-7-6-13(11-15(14)26-12-17(22)24)20-18(25)19-8-4-10-21-9-3-5-16(21)23/h6-7,11H,2-5,8-10,12H2,1H3,(H2,19,20,25). The lowest BCUT2D eigenvalue weighted by molar-refractivity contribution is -0.127. The number of nitrogens with zero attached hydrogens (tertiary/aromatic N) is 2. The molecule has 2 aliphatic rings. The monoisotopic (exact) mass is 360 g/mol. The molecule has 1 saturated heterocycles. The predicted octanol–water partition coefficient (Wildman–Crippen LogP) is 1.57. The molecule has 140 valence electrons. The van der Waals surface area contributed by atoms with Crippen LogP contribution in [0.5, 0.6) is 5.75 Å². The quantitative estimate of drug-likeness (QED) is 0.754. The van der Waals surface area contributed by atoms with E-state index < -0.39 is 0 Å². The van der Waals surface area contributed by atoms with Crippen LogP contribution in [0.25, 0.3) is 0 Å². The molecule has 0 radical (unpaired) electrons. The molecule has 4 amide bonds. The Morgan fingerprint density at radius 3 is 2.85 bits per heavy atom. The van der Waals surface area contributed by atoms with Crippen LogP contribution in [0.1, 0.15) is 26.2 Å². The molecular formula is C18H24N4O4. The summed E-state index contributed by atoms with van der Waals surface area (Å²) in [5, 5.41) is 5.54. The lowest BCUT2D eigenvalue weighted by Crippen LogP contribution is -2.38. The van der Waals surface area contributed by atoms with Gasteiger partial charge in [0.2, 0.25) is 5.91 Å². The zero-order valence-corrected chi connectivity index (χ0v) is 14.9. The second kappa shape index (κ2) is 8.07. The Hall–Kier alpha value is -2.77. The molecule has 0 bridgehead atoms. The van der Waals surface area contributed by atoms with E-state index in [0.717, 1.165) is 19.4 Å². The second-order valence-corrected chi connectivity index (χ2v) is 6.33. The van der Waals surface area contributed by atoms with Gasteiger partial charge < -0.3 is 25.2 Å². The maximum atomic E-state index is 12.0. The van der Waals surface area contributed by atoms with E-state index in [1.165, 1.54) is 0 Å². The lowest BCUT2D eigenvalue weighted by Gasteiger charge is -2.28. The Kier molecular flexibility index (Phi) is 5.60. The van der Waals surface area contributed by atoms with E-state index in [2.05, 4.69) is 10.6 Å². The summed E-state index contributed by atoms with van der Waals surface area (Å²) in [6.07, 6.45) is 2.28. The van der Waals surface area contributed by atoms with Gasteiger partial charge in [-0.1, -0.05) is 0 Å². The van der Waals surface area contributed by atoms with E-state index in [0.29, 0.717) is 43.2 Å². The smallest absolute Gasteiger partial charge is 0.319 e. The van der Waals surface area contributed by atoms with Crippen molar-refractivity contribution in [3.8, 4) is 5.75 Å². The van der Waals surface area contributed by atoms with Gasteiger partial charge in [-0.2, -0.15) is 0 Å². The molecule has 0 saturated carbocycles. The van der Waals surface area contributed by atoms with Crippen molar-refractivity contribution in [2.75, 3.05) is 43.0 Å². The van der Waals surface area contributed by atoms with Gasteiger partial charge in [0.15, 0.2) is 6.61 Å². The van der Waals surface area contributed by atoms with Crippen LogP contribution in [-0.2, 0) is 9.59 Å². The largest absolute Gasteiger partial charge is 0.481 e. The number of nitrogens with one attached hydrogen (secondary N) is 2. The number of carbonyl (C=O) groups excluding carboxylic acids is 3. The topological polar surface area (TPSA) is 91.0 Å². The van der Waals surface area contributed by atoms with E-state index >= 15 is 0 Å². The van der Waals surface area contributed by atoms with Gasteiger partial charge >= 0.3 is 6.03 Å². The highest BCUT2D eigenvalue weighted by atomic mass is 16.5. The van der Waals surface area contributed by atoms with E-state index in [1.807, 2.05) is 11.8 Å². The Balaban J connectivity index is 1.47. The van der Waals surface area contributed by atoms with Crippen LogP contribution in [0.3, 0.4) is 0 Å². The summed E-state index contributed by atoms with van der Waals surface area (Å²) in [5.74, 6) is 0.704. The van der Waals surface area contributed by atoms with Gasteiger partial charge in [0.05, 0.1) is 5.69 Å². The van der Waals surface area contributed by atoms with Crippen molar-refractivity contribution in [2.45, 2.75) is 26.2 Å². The summed E-state index contributed by atoms with van der Waals surface area (Å²) in [4.78, 5) is 38.8. The first kappa shape index (κ1) is 18.0. The molecule has 3 rings (SSSR count). The third-order valence-corrected chi connectivity index (χ3v) is 4.54. The molecule has 8 heteroatoms. The number of hydrogen-bond acceptors (Lipinski definition) is 4. The first-order valence-corrected chi connectivity index (χ1v) is 8.98. The fourth-order valence-corrected chi connectivity index (χ4v) is 3.22. The molecule has 0 unspecified atom stereocenters. The SMILES string of the molecule is CCN1C(=O)COc2cc(NC(=O)NCCCN3CCCC3=O)ccc21. The first-order valence-electron chi connectivity index (χ1n) is 8.98. The molecule has 8 nitrogen and oxygen atoms in total. The Morgan fingerprint density at radius 1 is 1.27 bits per heavy atom. The molecule has 0 aromatic heterocycles. The van der Waals surface area contributed by atoms with Crippen LogP contribution in [-0.4, -0.2) is 55.5 Å². The molecule has 2 heterocycles. The number of likely N-dealkylation sites (tertiary alicyclic amines) is 1. The average Bonchev–Trinajstić information content (AvgIpc) is 3.04. The van der Waals surface area contributed by atoms with Gasteiger partial charge in [-0.25, -0.2) is 4.79 Å². The minimum absolute atomic E-state index is 0.00566. The average molecular weight is 360 g/mol. The first-order chi connectivity index (χ1) is 12.6. The van der Waals surface area contributed by atoms with Crippen molar-refractivity contribution in [3.05, 3.63) is 18.2 Å². The van der Waals surface area contributed by atoms with Crippen LogP contribution in [0.4, 0.5) is 16.2 Å². The Labute approximate surface area is 152 Å². The zero-order chi connectivity index (χ0) is 18.5. The van der Waals surface area contributed by atoms with Crippen LogP contribution < -0.4 is 20.3 Å². The fraction of sp³-hybridized carbons (Fsp3) is 0.500. The molecule has 2 aliphatic heterocycles. The molecule has 26 heavy (non-hydrogen) atoms. The van der Waals surface area contributed by atoms with Gasteiger partial charge in [-0.15, -0.1) is 0 Å². The highest BCUT2D eigenvalue weighted by molar-refractivity contribution is 5.98. The molecule has 1 aromatic rings. The number of fused-ring (bicyclic) bond motifs is 1. The third-order valence-electron chi connectivity index (χ3n) is 4.54. The molecule has 0 aliphatic carbocycles. The molecule has 0 spiro atoms. The number of urea groups is 1. The normalized spacial score (nSPS) is 16.3. The summed E-state index contributed by atoms with van der Waals surface area (Å²) in [6, 6.07) is 4.92. The number of carbonyl (C=O) groups is 3. The number of likely N-dealkylation sites (N-methyl/N-ethyl adjacent to an activating group) is 1. The van der Waals surface area contributed by atoms with E-state index in [9.17, 15) is 14.4 Å². The number of rotatable bonds is 6. The van der Waals surface area contributed by atoms with Crippen molar-refractivity contribution < 1.29 is 19.1 Å². The Bertz CT molecular complexity index is 706. The summed E-state index contributed by atoms with van der Waals surface area (Å²) in [7, 11) is 0.